The van der Waals surface area contributed by atoms with Crippen LogP contribution in [0.5, 0.6) is 0 Å². The van der Waals surface area contributed by atoms with Crippen molar-refractivity contribution in [3.63, 3.8) is 0 Å². The summed E-state index contributed by atoms with van der Waals surface area (Å²) in [5.74, 6) is 0.952. The van der Waals surface area contributed by atoms with Crippen molar-refractivity contribution in [2.24, 2.45) is 5.41 Å². The molecule has 2 heterocycles. The first-order valence-electron chi connectivity index (χ1n) is 6.35. The molecule has 0 atom stereocenters. The number of anilines is 1. The smallest absolute Gasteiger partial charge is 0.142 e. The van der Waals surface area contributed by atoms with E-state index in [-0.39, 0.29) is 0 Å². The van der Waals surface area contributed by atoms with E-state index in [2.05, 4.69) is 29.8 Å². The summed E-state index contributed by atoms with van der Waals surface area (Å²) in [6.07, 6.45) is 3.67. The van der Waals surface area contributed by atoms with Crippen LogP contribution in [0.15, 0.2) is 18.2 Å². The van der Waals surface area contributed by atoms with Gasteiger partial charge in [-0.15, -0.1) is 0 Å². The first-order chi connectivity index (χ1) is 8.23. The molecule has 1 aliphatic heterocycles. The highest BCUT2D eigenvalue weighted by molar-refractivity contribution is 5.43. The van der Waals surface area contributed by atoms with Crippen molar-refractivity contribution in [1.29, 1.82) is 5.26 Å². The van der Waals surface area contributed by atoms with Crippen molar-refractivity contribution in [2.45, 2.75) is 33.1 Å². The highest BCUT2D eigenvalue weighted by Gasteiger charge is 2.35. The fraction of sp³-hybridized carbons (Fsp3) is 0.571. The largest absolute Gasteiger partial charge is 0.356 e. The Morgan fingerprint density at radius 3 is 2.76 bits per heavy atom. The zero-order chi connectivity index (χ0) is 12.3. The molecule has 1 aliphatic rings. The molecular weight excluding hydrogens is 210 g/mol. The van der Waals surface area contributed by atoms with Crippen molar-refractivity contribution >= 4 is 5.82 Å². The summed E-state index contributed by atoms with van der Waals surface area (Å²) in [5, 5.41) is 8.87. The Morgan fingerprint density at radius 1 is 1.41 bits per heavy atom. The molecule has 1 fully saturated rings. The van der Waals surface area contributed by atoms with Crippen molar-refractivity contribution in [3.8, 4) is 6.07 Å². The third kappa shape index (κ3) is 2.26. The molecule has 0 saturated carbocycles. The standard InChI is InChI=1S/C14H19N3/c1-3-14(4-2)8-9-17(11-14)13-7-5-6-12(10-15)16-13/h5-7H,3-4,8-9,11H2,1-2H3. The maximum Gasteiger partial charge on any atom is 0.142 e. The fourth-order valence-electron chi connectivity index (χ4n) is 2.62. The van der Waals surface area contributed by atoms with E-state index in [9.17, 15) is 0 Å². The lowest BCUT2D eigenvalue weighted by Gasteiger charge is -2.26. The summed E-state index contributed by atoms with van der Waals surface area (Å²) < 4.78 is 0. The summed E-state index contributed by atoms with van der Waals surface area (Å²) in [6.45, 7) is 6.67. The van der Waals surface area contributed by atoms with Crippen molar-refractivity contribution < 1.29 is 0 Å². The number of hydrogen-bond donors (Lipinski definition) is 0. The average Bonchev–Trinajstić information content (AvgIpc) is 2.84. The Morgan fingerprint density at radius 2 is 2.18 bits per heavy atom. The lowest BCUT2D eigenvalue weighted by Crippen LogP contribution is -2.26. The van der Waals surface area contributed by atoms with Gasteiger partial charge in [-0.3, -0.25) is 0 Å². The van der Waals surface area contributed by atoms with Crippen molar-refractivity contribution in [2.75, 3.05) is 18.0 Å². The van der Waals surface area contributed by atoms with Crippen LogP contribution in [0.4, 0.5) is 5.82 Å². The molecule has 0 unspecified atom stereocenters. The van der Waals surface area contributed by atoms with E-state index >= 15 is 0 Å². The minimum atomic E-state index is 0.449. The Hall–Kier alpha value is -1.56. The predicted octanol–water partition coefficient (Wildman–Crippen LogP) is 2.97. The molecule has 90 valence electrons. The third-order valence-electron chi connectivity index (χ3n) is 4.11. The van der Waals surface area contributed by atoms with E-state index in [0.717, 1.165) is 18.9 Å². The van der Waals surface area contributed by atoms with E-state index in [1.54, 1.807) is 6.07 Å². The van der Waals surface area contributed by atoms with Crippen molar-refractivity contribution in [3.05, 3.63) is 23.9 Å². The Bertz CT molecular complexity index is 429. The monoisotopic (exact) mass is 229 g/mol. The molecule has 0 spiro atoms. The molecule has 0 bridgehead atoms. The van der Waals surface area contributed by atoms with E-state index in [0.29, 0.717) is 11.1 Å². The van der Waals surface area contributed by atoms with Crippen LogP contribution in [0.3, 0.4) is 0 Å². The van der Waals surface area contributed by atoms with Gasteiger partial charge in [-0.25, -0.2) is 4.98 Å². The van der Waals surface area contributed by atoms with Crippen LogP contribution in [-0.2, 0) is 0 Å². The normalized spacial score (nSPS) is 18.1. The number of hydrogen-bond acceptors (Lipinski definition) is 3. The molecule has 1 aromatic rings. The summed E-state index contributed by atoms with van der Waals surface area (Å²) in [5.41, 5.74) is 0.956. The Kier molecular flexibility index (Phi) is 3.33. The maximum absolute atomic E-state index is 8.87. The van der Waals surface area contributed by atoms with E-state index < -0.39 is 0 Å². The molecule has 0 amide bonds. The van der Waals surface area contributed by atoms with Gasteiger partial charge in [0.15, 0.2) is 0 Å². The van der Waals surface area contributed by atoms with Crippen LogP contribution in [0.2, 0.25) is 0 Å². The summed E-state index contributed by atoms with van der Waals surface area (Å²) in [7, 11) is 0. The Labute approximate surface area is 103 Å². The maximum atomic E-state index is 8.87. The van der Waals surface area contributed by atoms with Crippen LogP contribution in [0.1, 0.15) is 38.8 Å². The number of nitriles is 1. The van der Waals surface area contributed by atoms with E-state index in [4.69, 9.17) is 5.26 Å². The number of pyridine rings is 1. The van der Waals surface area contributed by atoms with E-state index in [1.165, 1.54) is 19.3 Å². The minimum absolute atomic E-state index is 0.449. The summed E-state index contributed by atoms with van der Waals surface area (Å²) in [6, 6.07) is 7.78. The van der Waals surface area contributed by atoms with Crippen LogP contribution < -0.4 is 4.90 Å². The second kappa shape index (κ2) is 4.75. The number of aromatic nitrogens is 1. The van der Waals surface area contributed by atoms with Gasteiger partial charge in [-0.1, -0.05) is 19.9 Å². The molecule has 1 saturated heterocycles. The molecular formula is C14H19N3. The third-order valence-corrected chi connectivity index (χ3v) is 4.11. The van der Waals surface area contributed by atoms with Gasteiger partial charge < -0.3 is 4.90 Å². The van der Waals surface area contributed by atoms with Gasteiger partial charge >= 0.3 is 0 Å². The first kappa shape index (κ1) is 11.9. The molecule has 2 rings (SSSR count). The first-order valence-corrected chi connectivity index (χ1v) is 6.35. The highest BCUT2D eigenvalue weighted by atomic mass is 15.2. The van der Waals surface area contributed by atoms with Gasteiger partial charge in [0.2, 0.25) is 0 Å². The van der Waals surface area contributed by atoms with Gasteiger partial charge in [0, 0.05) is 13.1 Å². The quantitative estimate of drug-likeness (QED) is 0.800. The SMILES string of the molecule is CCC1(CC)CCN(c2cccc(C#N)n2)C1. The molecule has 1 aromatic heterocycles. The number of rotatable bonds is 3. The van der Waals surface area contributed by atoms with Gasteiger partial charge in [0.25, 0.3) is 0 Å². The number of nitrogens with zero attached hydrogens (tertiary/aromatic N) is 3. The molecule has 3 heteroatoms. The van der Waals surface area contributed by atoms with Gasteiger partial charge in [0.1, 0.15) is 17.6 Å². The molecule has 0 aromatic carbocycles. The molecule has 3 nitrogen and oxygen atoms in total. The topological polar surface area (TPSA) is 39.9 Å². The lowest BCUT2D eigenvalue weighted by molar-refractivity contribution is 0.301. The molecule has 17 heavy (non-hydrogen) atoms. The van der Waals surface area contributed by atoms with Crippen molar-refractivity contribution in [1.82, 2.24) is 4.98 Å². The average molecular weight is 229 g/mol. The van der Waals surface area contributed by atoms with Crippen LogP contribution in [0.25, 0.3) is 0 Å². The predicted molar refractivity (Wildman–Crippen MR) is 68.8 cm³/mol. The molecule has 0 radical (unpaired) electrons. The Balaban J connectivity index is 2.18. The second-order valence-corrected chi connectivity index (χ2v) is 4.87. The lowest BCUT2D eigenvalue weighted by atomic mass is 9.82. The van der Waals surface area contributed by atoms with Crippen LogP contribution >= 0.6 is 0 Å². The van der Waals surface area contributed by atoms with Gasteiger partial charge in [0.05, 0.1) is 0 Å². The van der Waals surface area contributed by atoms with Gasteiger partial charge in [-0.2, -0.15) is 5.26 Å². The summed E-state index contributed by atoms with van der Waals surface area (Å²) >= 11 is 0. The summed E-state index contributed by atoms with van der Waals surface area (Å²) in [4.78, 5) is 6.69. The molecule has 0 N–H and O–H groups in total. The van der Waals surface area contributed by atoms with Crippen LogP contribution in [0, 0.1) is 16.7 Å². The van der Waals surface area contributed by atoms with Gasteiger partial charge in [-0.05, 0) is 36.8 Å². The fourth-order valence-corrected chi connectivity index (χ4v) is 2.62. The van der Waals surface area contributed by atoms with Crippen LogP contribution in [-0.4, -0.2) is 18.1 Å². The molecule has 0 aliphatic carbocycles. The highest BCUT2D eigenvalue weighted by Crippen LogP contribution is 2.38. The zero-order valence-electron chi connectivity index (χ0n) is 10.6. The zero-order valence-corrected chi connectivity index (χ0v) is 10.6. The van der Waals surface area contributed by atoms with E-state index in [1.807, 2.05) is 12.1 Å². The second-order valence-electron chi connectivity index (χ2n) is 4.87. The minimum Gasteiger partial charge on any atom is -0.356 e.